The van der Waals surface area contributed by atoms with Crippen LogP contribution in [0.5, 0.6) is 0 Å². The predicted molar refractivity (Wildman–Crippen MR) is 112 cm³/mol. The Morgan fingerprint density at radius 3 is 2.55 bits per heavy atom. The first-order chi connectivity index (χ1) is 13.9. The van der Waals surface area contributed by atoms with Gasteiger partial charge in [-0.05, 0) is 38.0 Å². The van der Waals surface area contributed by atoms with Crippen molar-refractivity contribution in [3.63, 3.8) is 0 Å². The van der Waals surface area contributed by atoms with Crippen molar-refractivity contribution in [2.24, 2.45) is 0 Å². The van der Waals surface area contributed by atoms with E-state index in [0.717, 1.165) is 12.0 Å². The Bertz CT molecular complexity index is 627. The van der Waals surface area contributed by atoms with Crippen molar-refractivity contribution in [1.29, 1.82) is 0 Å². The number of amides is 2. The Labute approximate surface area is 175 Å². The number of nitrogens with one attached hydrogen (secondary N) is 2. The van der Waals surface area contributed by atoms with Crippen molar-refractivity contribution in [2.45, 2.75) is 45.4 Å². The average molecular weight is 427 g/mol. The topological polar surface area (TPSA) is 114 Å². The minimum atomic E-state index is -1.14. The molecule has 0 saturated carbocycles. The number of carboxylic acids is 1. The standard InChI is InChI=1S/C20H30N2O6S/c1-15(2)27-11-6-10-21-18(23)14-29-12-9-17(19(24)25)22-20(26)28-13-16-7-4-3-5-8-16/h3-5,7-8,15,17H,6,9-14H2,1-2H3,(H,21,23)(H,22,26)(H,24,25). The van der Waals surface area contributed by atoms with E-state index in [0.29, 0.717) is 18.9 Å². The first-order valence-electron chi connectivity index (χ1n) is 9.54. The maximum atomic E-state index is 11.8. The van der Waals surface area contributed by atoms with Crippen LogP contribution in [0.3, 0.4) is 0 Å². The maximum Gasteiger partial charge on any atom is 0.408 e. The van der Waals surface area contributed by atoms with Gasteiger partial charge in [-0.2, -0.15) is 11.8 Å². The van der Waals surface area contributed by atoms with Gasteiger partial charge < -0.3 is 25.2 Å². The number of benzene rings is 1. The van der Waals surface area contributed by atoms with Gasteiger partial charge in [0.1, 0.15) is 12.6 Å². The van der Waals surface area contributed by atoms with Crippen LogP contribution in [0.2, 0.25) is 0 Å². The molecule has 0 aromatic heterocycles. The quantitative estimate of drug-likeness (QED) is 0.392. The molecule has 1 unspecified atom stereocenters. The Morgan fingerprint density at radius 1 is 1.17 bits per heavy atom. The van der Waals surface area contributed by atoms with E-state index in [1.165, 1.54) is 11.8 Å². The first-order valence-corrected chi connectivity index (χ1v) is 10.7. The van der Waals surface area contributed by atoms with Gasteiger partial charge in [-0.1, -0.05) is 30.3 Å². The van der Waals surface area contributed by atoms with Crippen LogP contribution in [0, 0.1) is 0 Å². The lowest BCUT2D eigenvalue weighted by Gasteiger charge is -2.14. The predicted octanol–water partition coefficient (Wildman–Crippen LogP) is 2.42. The molecule has 1 aromatic rings. The van der Waals surface area contributed by atoms with Crippen LogP contribution in [-0.4, -0.2) is 59.9 Å². The highest BCUT2D eigenvalue weighted by Crippen LogP contribution is 2.06. The van der Waals surface area contributed by atoms with Crippen LogP contribution in [-0.2, 0) is 25.7 Å². The van der Waals surface area contributed by atoms with Gasteiger partial charge in [0.25, 0.3) is 0 Å². The zero-order valence-electron chi connectivity index (χ0n) is 16.9. The number of ether oxygens (including phenoxy) is 2. The highest BCUT2D eigenvalue weighted by Gasteiger charge is 2.20. The molecule has 0 aliphatic heterocycles. The van der Waals surface area contributed by atoms with E-state index >= 15 is 0 Å². The molecule has 0 bridgehead atoms. The molecular weight excluding hydrogens is 396 g/mol. The summed E-state index contributed by atoms with van der Waals surface area (Å²) in [6.45, 7) is 5.11. The van der Waals surface area contributed by atoms with E-state index in [9.17, 15) is 19.5 Å². The van der Waals surface area contributed by atoms with Crippen molar-refractivity contribution in [3.05, 3.63) is 35.9 Å². The third-order valence-electron chi connectivity index (χ3n) is 3.68. The van der Waals surface area contributed by atoms with Crippen LogP contribution in [0.15, 0.2) is 30.3 Å². The molecule has 1 atom stereocenters. The van der Waals surface area contributed by atoms with Gasteiger partial charge in [-0.15, -0.1) is 0 Å². The Morgan fingerprint density at radius 2 is 1.90 bits per heavy atom. The molecule has 0 aliphatic carbocycles. The number of rotatable bonds is 14. The molecule has 0 fully saturated rings. The third kappa shape index (κ3) is 12.7. The molecule has 162 valence electrons. The highest BCUT2D eigenvalue weighted by molar-refractivity contribution is 7.99. The zero-order chi connectivity index (χ0) is 21.5. The van der Waals surface area contributed by atoms with Crippen LogP contribution >= 0.6 is 11.8 Å². The molecule has 2 amide bonds. The normalized spacial score (nSPS) is 11.7. The lowest BCUT2D eigenvalue weighted by atomic mass is 10.2. The van der Waals surface area contributed by atoms with Crippen LogP contribution < -0.4 is 10.6 Å². The lowest BCUT2D eigenvalue weighted by molar-refractivity contribution is -0.139. The van der Waals surface area contributed by atoms with Crippen molar-refractivity contribution in [2.75, 3.05) is 24.7 Å². The molecule has 29 heavy (non-hydrogen) atoms. The van der Waals surface area contributed by atoms with E-state index in [1.54, 1.807) is 12.1 Å². The fourth-order valence-electron chi connectivity index (χ4n) is 2.20. The number of aliphatic carboxylic acids is 1. The summed E-state index contributed by atoms with van der Waals surface area (Å²) in [5, 5.41) is 14.4. The fourth-order valence-corrected chi connectivity index (χ4v) is 3.03. The number of thioether (sulfide) groups is 1. The molecule has 1 aromatic carbocycles. The molecule has 0 heterocycles. The second-order valence-corrected chi connectivity index (χ2v) is 7.67. The number of alkyl carbamates (subject to hydrolysis) is 1. The van der Waals surface area contributed by atoms with Gasteiger partial charge in [0, 0.05) is 13.2 Å². The van der Waals surface area contributed by atoms with Crippen molar-refractivity contribution < 1.29 is 29.0 Å². The summed E-state index contributed by atoms with van der Waals surface area (Å²) in [5.74, 6) is -0.603. The highest BCUT2D eigenvalue weighted by atomic mass is 32.2. The van der Waals surface area contributed by atoms with Gasteiger partial charge in [0.15, 0.2) is 0 Å². The summed E-state index contributed by atoms with van der Waals surface area (Å²) >= 11 is 1.31. The molecule has 8 nitrogen and oxygen atoms in total. The number of hydrogen-bond donors (Lipinski definition) is 3. The van der Waals surface area contributed by atoms with Crippen molar-refractivity contribution >= 4 is 29.7 Å². The number of hydrogen-bond acceptors (Lipinski definition) is 6. The van der Waals surface area contributed by atoms with Gasteiger partial charge in [0.2, 0.25) is 5.91 Å². The summed E-state index contributed by atoms with van der Waals surface area (Å²) in [7, 11) is 0. The Kier molecular flexibility index (Phi) is 12.6. The van der Waals surface area contributed by atoms with E-state index in [-0.39, 0.29) is 30.8 Å². The van der Waals surface area contributed by atoms with Crippen LogP contribution in [0.1, 0.15) is 32.3 Å². The number of carbonyl (C=O) groups excluding carboxylic acids is 2. The minimum Gasteiger partial charge on any atom is -0.480 e. The number of carbonyl (C=O) groups is 3. The molecule has 0 aliphatic rings. The summed E-state index contributed by atoms with van der Waals surface area (Å²) in [6, 6.07) is 8.04. The number of carboxylic acid groups (broad SMARTS) is 1. The third-order valence-corrected chi connectivity index (χ3v) is 4.67. The molecule has 9 heteroatoms. The second-order valence-electron chi connectivity index (χ2n) is 6.56. The fraction of sp³-hybridized carbons (Fsp3) is 0.550. The van der Waals surface area contributed by atoms with Gasteiger partial charge >= 0.3 is 12.1 Å². The SMILES string of the molecule is CC(C)OCCCNC(=O)CSCCC(NC(=O)OCc1ccccc1)C(=O)O. The summed E-state index contributed by atoms with van der Waals surface area (Å²) in [5.41, 5.74) is 0.812. The van der Waals surface area contributed by atoms with Crippen molar-refractivity contribution in [3.8, 4) is 0 Å². The van der Waals surface area contributed by atoms with E-state index in [4.69, 9.17) is 9.47 Å². The smallest absolute Gasteiger partial charge is 0.408 e. The van der Waals surface area contributed by atoms with Crippen LogP contribution in [0.25, 0.3) is 0 Å². The molecule has 0 spiro atoms. The molecule has 0 radical (unpaired) electrons. The summed E-state index contributed by atoms with van der Waals surface area (Å²) in [4.78, 5) is 34.9. The van der Waals surface area contributed by atoms with Crippen LogP contribution in [0.4, 0.5) is 4.79 Å². The van der Waals surface area contributed by atoms with E-state index in [2.05, 4.69) is 10.6 Å². The Hall–Kier alpha value is -2.26. The maximum absolute atomic E-state index is 11.8. The summed E-state index contributed by atoms with van der Waals surface area (Å²) in [6.07, 6.45) is 0.320. The monoisotopic (exact) mass is 426 g/mol. The first kappa shape index (κ1) is 24.8. The average Bonchev–Trinajstić information content (AvgIpc) is 2.68. The van der Waals surface area contributed by atoms with E-state index < -0.39 is 18.1 Å². The zero-order valence-corrected chi connectivity index (χ0v) is 17.7. The van der Waals surface area contributed by atoms with E-state index in [1.807, 2.05) is 32.0 Å². The van der Waals surface area contributed by atoms with Gasteiger partial charge in [-0.3, -0.25) is 4.79 Å². The molecule has 0 saturated heterocycles. The minimum absolute atomic E-state index is 0.0656. The molecule has 1 rings (SSSR count). The Balaban J connectivity index is 2.17. The van der Waals surface area contributed by atoms with Gasteiger partial charge in [-0.25, -0.2) is 9.59 Å². The lowest BCUT2D eigenvalue weighted by Crippen LogP contribution is -2.41. The largest absolute Gasteiger partial charge is 0.480 e. The van der Waals surface area contributed by atoms with Crippen molar-refractivity contribution in [1.82, 2.24) is 10.6 Å². The molecule has 3 N–H and O–H groups in total. The summed E-state index contributed by atoms with van der Waals surface area (Å²) < 4.78 is 10.4. The second kappa shape index (κ2) is 14.7. The van der Waals surface area contributed by atoms with Gasteiger partial charge in [0.05, 0.1) is 11.9 Å². The molecular formula is C20H30N2O6S.